The van der Waals surface area contributed by atoms with Crippen LogP contribution in [0.2, 0.25) is 0 Å². The second kappa shape index (κ2) is 3.88. The lowest BCUT2D eigenvalue weighted by molar-refractivity contribution is -0.119. The molecule has 0 spiro atoms. The number of benzene rings is 1. The van der Waals surface area contributed by atoms with Crippen LogP contribution in [-0.2, 0) is 4.79 Å². The molecule has 2 nitrogen and oxygen atoms in total. The first-order valence-electron chi connectivity index (χ1n) is 4.73. The molecule has 1 aromatic carbocycles. The number of hydrogen-bond acceptors (Lipinski definition) is 2. The van der Waals surface area contributed by atoms with Gasteiger partial charge in [0.1, 0.15) is 11.6 Å². The van der Waals surface area contributed by atoms with E-state index in [0.717, 1.165) is 12.1 Å². The first-order valence-corrected chi connectivity index (χ1v) is 4.73. The van der Waals surface area contributed by atoms with Crippen molar-refractivity contribution >= 4 is 5.78 Å². The van der Waals surface area contributed by atoms with Crippen LogP contribution >= 0.6 is 0 Å². The van der Waals surface area contributed by atoms with E-state index in [0.29, 0.717) is 13.0 Å². The molecule has 0 aromatic heterocycles. The Labute approximate surface area is 82.1 Å². The number of halogens is 1. The van der Waals surface area contributed by atoms with E-state index >= 15 is 0 Å². The van der Waals surface area contributed by atoms with Gasteiger partial charge in [-0.05, 0) is 17.7 Å². The second-order valence-corrected chi connectivity index (χ2v) is 3.62. The Hall–Kier alpha value is -1.22. The van der Waals surface area contributed by atoms with Crippen molar-refractivity contribution in [3.63, 3.8) is 0 Å². The zero-order valence-electron chi connectivity index (χ0n) is 7.79. The Morgan fingerprint density at radius 1 is 1.29 bits per heavy atom. The Balaban J connectivity index is 2.14. The molecule has 1 unspecified atom stereocenters. The Morgan fingerprint density at radius 3 is 2.64 bits per heavy atom. The van der Waals surface area contributed by atoms with Crippen molar-refractivity contribution in [3.05, 3.63) is 35.6 Å². The maximum absolute atomic E-state index is 12.6. The third-order valence-corrected chi connectivity index (χ3v) is 2.53. The molecule has 1 N–H and O–H groups in total. The number of carbonyl (C=O) groups is 1. The van der Waals surface area contributed by atoms with Crippen LogP contribution in [0.5, 0.6) is 0 Å². The summed E-state index contributed by atoms with van der Waals surface area (Å²) in [6.45, 7) is 1.27. The normalized spacial score (nSPS) is 22.4. The Bertz CT molecular complexity index is 334. The molecular formula is C11H12FNO. The van der Waals surface area contributed by atoms with Gasteiger partial charge in [0.2, 0.25) is 0 Å². The summed E-state index contributed by atoms with van der Waals surface area (Å²) in [6.07, 6.45) is 0.568. The molecule has 2 rings (SSSR count). The quantitative estimate of drug-likeness (QED) is 0.731. The summed E-state index contributed by atoms with van der Waals surface area (Å²) in [4.78, 5) is 11.2. The smallest absolute Gasteiger partial charge is 0.147 e. The molecule has 1 aliphatic heterocycles. The highest BCUT2D eigenvalue weighted by atomic mass is 19.1. The molecule has 0 saturated carbocycles. The van der Waals surface area contributed by atoms with Gasteiger partial charge in [0.15, 0.2) is 0 Å². The van der Waals surface area contributed by atoms with Crippen LogP contribution in [0, 0.1) is 5.82 Å². The van der Waals surface area contributed by atoms with Crippen LogP contribution in [0.15, 0.2) is 24.3 Å². The van der Waals surface area contributed by atoms with Crippen LogP contribution in [0.25, 0.3) is 0 Å². The van der Waals surface area contributed by atoms with E-state index in [1.807, 2.05) is 0 Å². The SMILES string of the molecule is O=C1CNCC(c2ccc(F)cc2)C1. The van der Waals surface area contributed by atoms with Gasteiger partial charge >= 0.3 is 0 Å². The van der Waals surface area contributed by atoms with Crippen molar-refractivity contribution < 1.29 is 9.18 Å². The van der Waals surface area contributed by atoms with Gasteiger partial charge in [0.25, 0.3) is 0 Å². The first-order chi connectivity index (χ1) is 6.75. The summed E-state index contributed by atoms with van der Waals surface area (Å²) in [5.41, 5.74) is 1.03. The third-order valence-electron chi connectivity index (χ3n) is 2.53. The van der Waals surface area contributed by atoms with Gasteiger partial charge in [-0.3, -0.25) is 4.79 Å². The van der Waals surface area contributed by atoms with Gasteiger partial charge in [0, 0.05) is 18.9 Å². The fourth-order valence-electron chi connectivity index (χ4n) is 1.78. The third kappa shape index (κ3) is 1.99. The van der Waals surface area contributed by atoms with E-state index in [-0.39, 0.29) is 17.5 Å². The van der Waals surface area contributed by atoms with Crippen molar-refractivity contribution in [1.29, 1.82) is 0 Å². The largest absolute Gasteiger partial charge is 0.309 e. The van der Waals surface area contributed by atoms with Crippen LogP contribution in [0.1, 0.15) is 17.9 Å². The summed E-state index contributed by atoms with van der Waals surface area (Å²) in [5, 5.41) is 3.05. The minimum atomic E-state index is -0.233. The highest BCUT2D eigenvalue weighted by molar-refractivity contribution is 5.82. The number of hydrogen-bond donors (Lipinski definition) is 1. The highest BCUT2D eigenvalue weighted by Gasteiger charge is 2.20. The predicted molar refractivity (Wildman–Crippen MR) is 51.6 cm³/mol. The number of ketones is 1. The zero-order chi connectivity index (χ0) is 9.97. The van der Waals surface area contributed by atoms with Crippen LogP contribution in [-0.4, -0.2) is 18.9 Å². The lowest BCUT2D eigenvalue weighted by Gasteiger charge is -2.22. The molecule has 14 heavy (non-hydrogen) atoms. The number of piperidine rings is 1. The van der Waals surface area contributed by atoms with Crippen LogP contribution < -0.4 is 5.32 Å². The maximum atomic E-state index is 12.6. The lowest BCUT2D eigenvalue weighted by atomic mass is 9.91. The molecule has 1 aromatic rings. The van der Waals surface area contributed by atoms with Gasteiger partial charge in [-0.2, -0.15) is 0 Å². The van der Waals surface area contributed by atoms with E-state index in [1.165, 1.54) is 12.1 Å². The molecule has 0 radical (unpaired) electrons. The number of carbonyl (C=O) groups excluding carboxylic acids is 1. The molecule has 3 heteroatoms. The van der Waals surface area contributed by atoms with E-state index < -0.39 is 0 Å². The molecular weight excluding hydrogens is 181 g/mol. The van der Waals surface area contributed by atoms with Crippen molar-refractivity contribution in [2.75, 3.05) is 13.1 Å². The molecule has 1 saturated heterocycles. The summed E-state index contributed by atoms with van der Waals surface area (Å²) < 4.78 is 12.6. The second-order valence-electron chi connectivity index (χ2n) is 3.62. The summed E-state index contributed by atoms with van der Waals surface area (Å²) in [5.74, 6) is 0.200. The molecule has 0 amide bonds. The fraction of sp³-hybridized carbons (Fsp3) is 0.364. The molecule has 1 atom stereocenters. The van der Waals surface area contributed by atoms with Crippen LogP contribution in [0.3, 0.4) is 0 Å². The molecule has 0 aliphatic carbocycles. The number of rotatable bonds is 1. The van der Waals surface area contributed by atoms with Gasteiger partial charge in [-0.1, -0.05) is 12.1 Å². The summed E-state index contributed by atoms with van der Waals surface area (Å²) in [7, 11) is 0. The van der Waals surface area contributed by atoms with Crippen molar-refractivity contribution in [2.24, 2.45) is 0 Å². The van der Waals surface area contributed by atoms with Gasteiger partial charge in [0.05, 0.1) is 6.54 Å². The standard InChI is InChI=1S/C11H12FNO/c12-10-3-1-8(2-4-10)9-5-11(14)7-13-6-9/h1-4,9,13H,5-7H2. The molecule has 1 heterocycles. The molecule has 74 valence electrons. The van der Waals surface area contributed by atoms with Gasteiger partial charge < -0.3 is 5.32 Å². The average molecular weight is 193 g/mol. The summed E-state index contributed by atoms with van der Waals surface area (Å²) in [6, 6.07) is 6.38. The highest BCUT2D eigenvalue weighted by Crippen LogP contribution is 2.21. The first kappa shape index (κ1) is 9.34. The number of nitrogens with one attached hydrogen (secondary N) is 1. The van der Waals surface area contributed by atoms with E-state index in [9.17, 15) is 9.18 Å². The molecule has 1 aliphatic rings. The lowest BCUT2D eigenvalue weighted by Crippen LogP contribution is -2.35. The maximum Gasteiger partial charge on any atom is 0.147 e. The predicted octanol–water partition coefficient (Wildman–Crippen LogP) is 1.47. The minimum absolute atomic E-state index is 0.205. The minimum Gasteiger partial charge on any atom is -0.309 e. The zero-order valence-corrected chi connectivity index (χ0v) is 7.79. The average Bonchev–Trinajstić information content (AvgIpc) is 2.19. The van der Waals surface area contributed by atoms with E-state index in [1.54, 1.807) is 12.1 Å². The van der Waals surface area contributed by atoms with Crippen molar-refractivity contribution in [3.8, 4) is 0 Å². The summed E-state index contributed by atoms with van der Waals surface area (Å²) >= 11 is 0. The van der Waals surface area contributed by atoms with E-state index in [2.05, 4.69) is 5.32 Å². The molecule has 0 bridgehead atoms. The van der Waals surface area contributed by atoms with Crippen molar-refractivity contribution in [1.82, 2.24) is 5.32 Å². The molecule has 1 fully saturated rings. The monoisotopic (exact) mass is 193 g/mol. The Kier molecular flexibility index (Phi) is 2.59. The van der Waals surface area contributed by atoms with E-state index in [4.69, 9.17) is 0 Å². The fourth-order valence-corrected chi connectivity index (χ4v) is 1.78. The van der Waals surface area contributed by atoms with Gasteiger partial charge in [-0.25, -0.2) is 4.39 Å². The van der Waals surface area contributed by atoms with Crippen LogP contribution in [0.4, 0.5) is 4.39 Å². The Morgan fingerprint density at radius 2 is 2.00 bits per heavy atom. The van der Waals surface area contributed by atoms with Crippen molar-refractivity contribution in [2.45, 2.75) is 12.3 Å². The topological polar surface area (TPSA) is 29.1 Å². The number of Topliss-reactive ketones (excluding diaryl/α,β-unsaturated/α-hetero) is 1. The van der Waals surface area contributed by atoms with Gasteiger partial charge in [-0.15, -0.1) is 0 Å².